The van der Waals surface area contributed by atoms with Gasteiger partial charge in [0.2, 0.25) is 5.95 Å². The van der Waals surface area contributed by atoms with Gasteiger partial charge in [-0.1, -0.05) is 13.0 Å². The second-order valence-corrected chi connectivity index (χ2v) is 16.6. The maximum absolute atomic E-state index is 13.5. The number of aromatic nitrogens is 3. The second-order valence-electron chi connectivity index (χ2n) is 12.6. The largest absolute Gasteiger partial charge is 0.494 e. The molecule has 2 aromatic heterocycles. The van der Waals surface area contributed by atoms with Crippen LogP contribution in [0.1, 0.15) is 49.4 Å². The Kier molecular flexibility index (Phi) is 10.3. The zero-order valence-corrected chi connectivity index (χ0v) is 29.8. The predicted molar refractivity (Wildman–Crippen MR) is 192 cm³/mol. The molecule has 0 amide bonds. The number of rotatable bonds is 9. The standard InChI is InChI=1S/C34H45BrN7O3P/c1-5-23-19-28(31(44-2)20-30(23)42-14-11-24(12-15-42)41-13-8-17-45-18-16-41)39-34-37-21-26(35)33(40-34)38-29-22-36-27-10-7-6-9-25(27)32(29)46(3,4)43/h7,10,19-22,24H,5-6,8-9,11-18H2,1-4H3,(H2,37,38,39,40). The first-order chi connectivity index (χ1) is 22.2. The highest BCUT2D eigenvalue weighted by Crippen LogP contribution is 2.42. The van der Waals surface area contributed by atoms with Crippen molar-refractivity contribution in [1.82, 2.24) is 19.9 Å². The van der Waals surface area contributed by atoms with Gasteiger partial charge in [-0.05, 0) is 91.1 Å². The number of piperidine rings is 1. The molecule has 0 spiro atoms. The van der Waals surface area contributed by atoms with Gasteiger partial charge in [0.25, 0.3) is 0 Å². The van der Waals surface area contributed by atoms with Crippen LogP contribution in [0.2, 0.25) is 0 Å². The predicted octanol–water partition coefficient (Wildman–Crippen LogP) is 6.59. The smallest absolute Gasteiger partial charge is 0.229 e. The van der Waals surface area contributed by atoms with Crippen molar-refractivity contribution in [3.8, 4) is 5.75 Å². The van der Waals surface area contributed by atoms with E-state index in [2.05, 4.69) is 71.5 Å². The van der Waals surface area contributed by atoms with Crippen LogP contribution in [0.4, 0.5) is 28.8 Å². The number of methoxy groups -OCH3 is 1. The van der Waals surface area contributed by atoms with Crippen LogP contribution in [0.3, 0.4) is 0 Å². The second kappa shape index (κ2) is 14.4. The van der Waals surface area contributed by atoms with Gasteiger partial charge in [-0.15, -0.1) is 0 Å². The summed E-state index contributed by atoms with van der Waals surface area (Å²) in [5.74, 6) is 1.73. The molecule has 4 heterocycles. The van der Waals surface area contributed by atoms with E-state index >= 15 is 0 Å². The molecule has 0 radical (unpaired) electrons. The summed E-state index contributed by atoms with van der Waals surface area (Å²) in [6.45, 7) is 11.7. The number of aryl methyl sites for hydroxylation is 1. The molecule has 2 fully saturated rings. The fourth-order valence-corrected chi connectivity index (χ4v) is 8.76. The van der Waals surface area contributed by atoms with E-state index in [0.29, 0.717) is 28.0 Å². The van der Waals surface area contributed by atoms with Gasteiger partial charge in [0.05, 0.1) is 41.5 Å². The minimum Gasteiger partial charge on any atom is -0.494 e. The highest BCUT2D eigenvalue weighted by atomic mass is 79.9. The summed E-state index contributed by atoms with van der Waals surface area (Å²) >= 11 is 3.61. The Balaban J connectivity index is 1.22. The lowest BCUT2D eigenvalue weighted by molar-refractivity contribution is 0.125. The van der Waals surface area contributed by atoms with E-state index < -0.39 is 7.14 Å². The van der Waals surface area contributed by atoms with Crippen LogP contribution < -0.4 is 25.6 Å². The highest BCUT2D eigenvalue weighted by Gasteiger charge is 2.28. The van der Waals surface area contributed by atoms with Crippen molar-refractivity contribution in [3.63, 3.8) is 0 Å². The maximum atomic E-state index is 13.5. The molecule has 2 aliphatic heterocycles. The zero-order valence-electron chi connectivity index (χ0n) is 27.3. The van der Waals surface area contributed by atoms with E-state index in [1.165, 1.54) is 11.3 Å². The molecular formula is C34H45BrN7O3P. The van der Waals surface area contributed by atoms with Gasteiger partial charge in [-0.2, -0.15) is 4.98 Å². The lowest BCUT2D eigenvalue weighted by Crippen LogP contribution is -2.46. The highest BCUT2D eigenvalue weighted by molar-refractivity contribution is 9.10. The molecule has 2 saturated heterocycles. The molecule has 46 heavy (non-hydrogen) atoms. The Labute approximate surface area is 280 Å². The fourth-order valence-electron chi connectivity index (χ4n) is 6.90. The van der Waals surface area contributed by atoms with Crippen molar-refractivity contribution in [2.24, 2.45) is 0 Å². The molecule has 3 aliphatic rings. The van der Waals surface area contributed by atoms with Crippen molar-refractivity contribution in [2.45, 2.75) is 51.5 Å². The third kappa shape index (κ3) is 7.28. The van der Waals surface area contributed by atoms with Crippen LogP contribution >= 0.6 is 23.1 Å². The zero-order chi connectivity index (χ0) is 32.3. The Hall–Kier alpha value is -2.98. The number of hydrogen-bond acceptors (Lipinski definition) is 10. The number of pyridine rings is 1. The first-order valence-corrected chi connectivity index (χ1v) is 19.7. The third-order valence-corrected chi connectivity index (χ3v) is 11.3. The fraction of sp³-hybridized carbons (Fsp3) is 0.500. The average Bonchev–Trinajstić information content (AvgIpc) is 3.35. The van der Waals surface area contributed by atoms with Crippen LogP contribution in [0.5, 0.6) is 5.75 Å². The van der Waals surface area contributed by atoms with Crippen LogP contribution in [-0.4, -0.2) is 85.7 Å². The first kappa shape index (κ1) is 32.9. The number of halogens is 1. The van der Waals surface area contributed by atoms with Gasteiger partial charge >= 0.3 is 0 Å². The number of fused-ring (bicyclic) bond motifs is 1. The van der Waals surface area contributed by atoms with Crippen molar-refractivity contribution in [1.29, 1.82) is 0 Å². The minimum atomic E-state index is -2.62. The number of benzene rings is 1. The van der Waals surface area contributed by atoms with Gasteiger partial charge in [0.15, 0.2) is 0 Å². The van der Waals surface area contributed by atoms with E-state index in [9.17, 15) is 4.57 Å². The number of allylic oxidation sites excluding steroid dienone is 1. The number of nitrogens with zero attached hydrogens (tertiary/aromatic N) is 5. The van der Waals surface area contributed by atoms with Gasteiger partial charge in [0, 0.05) is 62.1 Å². The van der Waals surface area contributed by atoms with Crippen LogP contribution in [0, 0.1) is 0 Å². The summed E-state index contributed by atoms with van der Waals surface area (Å²) in [7, 11) is -0.922. The average molecular weight is 711 g/mol. The number of anilines is 5. The number of nitrogens with one attached hydrogen (secondary N) is 2. The van der Waals surface area contributed by atoms with Gasteiger partial charge < -0.3 is 29.6 Å². The lowest BCUT2D eigenvalue weighted by Gasteiger charge is -2.39. The molecule has 1 aromatic carbocycles. The summed E-state index contributed by atoms with van der Waals surface area (Å²) in [5.41, 5.74) is 5.93. The topological polar surface area (TPSA) is 105 Å². The molecule has 1 aliphatic carbocycles. The van der Waals surface area contributed by atoms with Gasteiger partial charge in [-0.25, -0.2) is 4.98 Å². The van der Waals surface area contributed by atoms with Crippen molar-refractivity contribution in [3.05, 3.63) is 51.9 Å². The molecule has 3 aromatic rings. The Morgan fingerprint density at radius 2 is 1.89 bits per heavy atom. The van der Waals surface area contributed by atoms with E-state index in [0.717, 1.165) is 106 Å². The Bertz CT molecular complexity index is 1630. The van der Waals surface area contributed by atoms with Gasteiger partial charge in [0.1, 0.15) is 18.7 Å². The molecule has 0 unspecified atom stereocenters. The Morgan fingerprint density at radius 3 is 2.65 bits per heavy atom. The molecule has 2 N–H and O–H groups in total. The molecule has 10 nitrogen and oxygen atoms in total. The molecule has 6 rings (SSSR count). The minimum absolute atomic E-state index is 0.424. The Morgan fingerprint density at radius 1 is 1.07 bits per heavy atom. The van der Waals surface area contributed by atoms with Crippen molar-refractivity contribution in [2.75, 3.05) is 75.4 Å². The third-order valence-electron chi connectivity index (χ3n) is 9.16. The maximum Gasteiger partial charge on any atom is 0.229 e. The van der Waals surface area contributed by atoms with E-state index in [-0.39, 0.29) is 0 Å². The van der Waals surface area contributed by atoms with Crippen molar-refractivity contribution < 1.29 is 14.0 Å². The van der Waals surface area contributed by atoms with E-state index in [1.54, 1.807) is 19.5 Å². The van der Waals surface area contributed by atoms with E-state index in [1.807, 2.05) is 19.4 Å². The monoisotopic (exact) mass is 709 g/mol. The molecule has 0 saturated carbocycles. The molecule has 0 bridgehead atoms. The van der Waals surface area contributed by atoms with Crippen LogP contribution in [0.15, 0.2) is 35.1 Å². The summed E-state index contributed by atoms with van der Waals surface area (Å²) < 4.78 is 25.8. The van der Waals surface area contributed by atoms with Crippen LogP contribution in [0.25, 0.3) is 6.08 Å². The normalized spacial score (nSPS) is 17.8. The number of hydrogen-bond donors (Lipinski definition) is 2. The molecule has 12 heteroatoms. The first-order valence-electron chi connectivity index (χ1n) is 16.3. The number of ether oxygens (including phenoxy) is 2. The van der Waals surface area contributed by atoms with Crippen molar-refractivity contribution >= 4 is 63.3 Å². The van der Waals surface area contributed by atoms with Gasteiger partial charge in [-0.3, -0.25) is 9.88 Å². The van der Waals surface area contributed by atoms with Crippen LogP contribution in [-0.2, 0) is 22.1 Å². The summed E-state index contributed by atoms with van der Waals surface area (Å²) in [4.78, 5) is 19.2. The quantitative estimate of drug-likeness (QED) is 0.237. The molecule has 246 valence electrons. The lowest BCUT2D eigenvalue weighted by atomic mass is 10.00. The molecule has 0 atom stereocenters. The summed E-state index contributed by atoms with van der Waals surface area (Å²) in [6, 6.07) is 4.93. The summed E-state index contributed by atoms with van der Waals surface area (Å²) in [6.07, 6.45) is 13.6. The molecular weight excluding hydrogens is 665 g/mol. The summed E-state index contributed by atoms with van der Waals surface area (Å²) in [5, 5.41) is 7.65. The van der Waals surface area contributed by atoms with E-state index in [4.69, 9.17) is 14.5 Å². The SMILES string of the molecule is CCc1cc(Nc2ncc(Br)c(Nc3cnc4c(c3P(C)(C)=O)CCC=C4)n2)c(OC)cc1N1CCC(N2CCCOCC2)CC1.